The molecule has 0 unspecified atom stereocenters. The Hall–Kier alpha value is -7.88. The van der Waals surface area contributed by atoms with Gasteiger partial charge in [-0.25, -0.2) is 9.97 Å². The van der Waals surface area contributed by atoms with Gasteiger partial charge in [-0.15, -0.1) is 0 Å². The Morgan fingerprint density at radius 1 is 0.300 bits per heavy atom. The number of nitrogens with zero attached hydrogens (tertiary/aromatic N) is 2. The van der Waals surface area contributed by atoms with E-state index in [-0.39, 0.29) is 0 Å². The molecule has 3 heteroatoms. The molecule has 0 saturated carbocycles. The summed E-state index contributed by atoms with van der Waals surface area (Å²) in [5.74, 6) is 2.49. The first-order valence-corrected chi connectivity index (χ1v) is 20.5. The van der Waals surface area contributed by atoms with Crippen molar-refractivity contribution in [2.45, 2.75) is 5.41 Å². The van der Waals surface area contributed by atoms with E-state index in [2.05, 4.69) is 194 Å². The fourth-order valence-electron chi connectivity index (χ4n) is 9.55. The lowest BCUT2D eigenvalue weighted by molar-refractivity contribution is 0.436. The largest absolute Gasteiger partial charge is 0.457 e. The molecule has 0 fully saturated rings. The van der Waals surface area contributed by atoms with Crippen molar-refractivity contribution < 1.29 is 4.74 Å². The summed E-state index contributed by atoms with van der Waals surface area (Å²) >= 11 is 0. The molecule has 2 aliphatic rings. The quantitative estimate of drug-likeness (QED) is 0.175. The van der Waals surface area contributed by atoms with Crippen molar-refractivity contribution >= 4 is 10.8 Å². The van der Waals surface area contributed by atoms with Crippen molar-refractivity contribution in [1.82, 2.24) is 9.97 Å². The first-order chi connectivity index (χ1) is 29.7. The minimum atomic E-state index is -0.537. The van der Waals surface area contributed by atoms with E-state index in [0.29, 0.717) is 5.82 Å². The molecule has 10 aromatic rings. The summed E-state index contributed by atoms with van der Waals surface area (Å²) in [4.78, 5) is 10.3. The highest BCUT2D eigenvalue weighted by molar-refractivity contribution is 5.98. The van der Waals surface area contributed by atoms with Gasteiger partial charge < -0.3 is 4.74 Å². The van der Waals surface area contributed by atoms with Gasteiger partial charge >= 0.3 is 0 Å². The predicted molar refractivity (Wildman–Crippen MR) is 244 cm³/mol. The summed E-state index contributed by atoms with van der Waals surface area (Å²) in [5, 5.41) is 2.45. The number of ether oxygens (including phenoxy) is 1. The number of para-hydroxylation sites is 2. The van der Waals surface area contributed by atoms with Crippen LogP contribution in [-0.2, 0) is 5.41 Å². The van der Waals surface area contributed by atoms with Crippen LogP contribution in [0.25, 0.3) is 78.1 Å². The Balaban J connectivity index is 1.01. The third kappa shape index (κ3) is 5.37. The monoisotopic (exact) mass is 764 g/mol. The molecule has 0 bridgehead atoms. The molecule has 1 spiro atoms. The van der Waals surface area contributed by atoms with E-state index in [1.165, 1.54) is 44.2 Å². The van der Waals surface area contributed by atoms with Gasteiger partial charge in [-0.2, -0.15) is 0 Å². The molecular weight excluding hydrogens is 729 g/mol. The average Bonchev–Trinajstić information content (AvgIpc) is 3.60. The van der Waals surface area contributed by atoms with E-state index < -0.39 is 5.41 Å². The van der Waals surface area contributed by atoms with Gasteiger partial charge in [0.15, 0.2) is 5.82 Å². The van der Waals surface area contributed by atoms with Crippen molar-refractivity contribution in [1.29, 1.82) is 0 Å². The molecule has 280 valence electrons. The molecule has 1 aliphatic carbocycles. The highest BCUT2D eigenvalue weighted by Gasteiger charge is 2.51. The molecule has 1 aliphatic heterocycles. The SMILES string of the molecule is c1ccc(-c2ccc(-c3cc(-c4cccc(-c5ccc6c(c5)-c5cc7ccccc7cc5C65c6ccccc6Oc6ccccc65)c4)nc(-c4ccccc4)n3)cc2)cc1. The van der Waals surface area contributed by atoms with E-state index in [1.807, 2.05) is 24.3 Å². The topological polar surface area (TPSA) is 35.0 Å². The lowest BCUT2D eigenvalue weighted by Crippen LogP contribution is -2.32. The molecule has 12 rings (SSSR count). The summed E-state index contributed by atoms with van der Waals surface area (Å²) in [7, 11) is 0. The number of hydrogen-bond donors (Lipinski definition) is 0. The fraction of sp³-hybridized carbons (Fsp3) is 0.0175. The van der Waals surface area contributed by atoms with Crippen LogP contribution in [0.3, 0.4) is 0 Å². The minimum absolute atomic E-state index is 0.537. The number of benzene rings is 9. The minimum Gasteiger partial charge on any atom is -0.457 e. The van der Waals surface area contributed by atoms with E-state index in [1.54, 1.807) is 0 Å². The van der Waals surface area contributed by atoms with Crippen molar-refractivity contribution in [3.8, 4) is 78.8 Å². The molecule has 60 heavy (non-hydrogen) atoms. The van der Waals surface area contributed by atoms with E-state index in [0.717, 1.165) is 61.8 Å². The molecule has 0 amide bonds. The van der Waals surface area contributed by atoms with Gasteiger partial charge in [0.1, 0.15) is 11.5 Å². The Labute approximate surface area is 348 Å². The van der Waals surface area contributed by atoms with Crippen molar-refractivity contribution in [3.63, 3.8) is 0 Å². The van der Waals surface area contributed by atoms with Crippen LogP contribution in [0.1, 0.15) is 22.3 Å². The van der Waals surface area contributed by atoms with Crippen LogP contribution < -0.4 is 4.74 Å². The van der Waals surface area contributed by atoms with Crippen LogP contribution in [0.5, 0.6) is 11.5 Å². The zero-order valence-electron chi connectivity index (χ0n) is 32.6. The Morgan fingerprint density at radius 3 is 1.52 bits per heavy atom. The van der Waals surface area contributed by atoms with Crippen molar-refractivity contribution in [2.75, 3.05) is 0 Å². The summed E-state index contributed by atoms with van der Waals surface area (Å²) in [6.07, 6.45) is 0. The fourth-order valence-corrected chi connectivity index (χ4v) is 9.55. The van der Waals surface area contributed by atoms with Gasteiger partial charge in [0.05, 0.1) is 16.8 Å². The first-order valence-electron chi connectivity index (χ1n) is 20.5. The maximum atomic E-state index is 6.62. The van der Waals surface area contributed by atoms with Crippen LogP contribution in [0.15, 0.2) is 218 Å². The van der Waals surface area contributed by atoms with Crippen LogP contribution in [0, 0.1) is 0 Å². The van der Waals surface area contributed by atoms with Crippen LogP contribution in [-0.4, -0.2) is 9.97 Å². The number of rotatable bonds is 5. The molecule has 0 N–H and O–H groups in total. The van der Waals surface area contributed by atoms with Crippen LogP contribution >= 0.6 is 0 Å². The van der Waals surface area contributed by atoms with Gasteiger partial charge in [-0.3, -0.25) is 0 Å². The van der Waals surface area contributed by atoms with Crippen LogP contribution in [0.2, 0.25) is 0 Å². The Bertz CT molecular complexity index is 3240. The van der Waals surface area contributed by atoms with Gasteiger partial charge in [-0.1, -0.05) is 176 Å². The number of hydrogen-bond acceptors (Lipinski definition) is 3. The standard InChI is InChI=1S/C57H36N2O/c1-3-14-37(15-4-1)38-26-28-39(29-27-38)52-36-53(59-56(58-52)40-16-5-2-6-17-40)45-21-13-20-41(32-45)44-30-31-48-46(34-44)47-33-42-18-7-8-19-43(42)35-51(47)57(48)49-22-9-11-24-54(49)60-55-25-12-10-23-50(55)57/h1-36H. The smallest absolute Gasteiger partial charge is 0.160 e. The third-order valence-corrected chi connectivity index (χ3v) is 12.3. The maximum Gasteiger partial charge on any atom is 0.160 e. The lowest BCUT2D eigenvalue weighted by atomic mass is 9.66. The second kappa shape index (κ2) is 13.6. The molecule has 0 saturated heterocycles. The summed E-state index contributed by atoms with van der Waals surface area (Å²) in [6, 6.07) is 77.9. The number of fused-ring (bicyclic) bond motifs is 10. The van der Waals surface area contributed by atoms with E-state index >= 15 is 0 Å². The molecule has 0 radical (unpaired) electrons. The second-order valence-electron chi connectivity index (χ2n) is 15.7. The van der Waals surface area contributed by atoms with Gasteiger partial charge in [-0.05, 0) is 97.7 Å². The number of aromatic nitrogens is 2. The molecule has 1 aromatic heterocycles. The highest BCUT2D eigenvalue weighted by Crippen LogP contribution is 2.62. The normalized spacial score (nSPS) is 12.9. The van der Waals surface area contributed by atoms with E-state index in [4.69, 9.17) is 14.7 Å². The molecule has 2 heterocycles. The average molecular weight is 765 g/mol. The van der Waals surface area contributed by atoms with Gasteiger partial charge in [0.2, 0.25) is 0 Å². The molecule has 9 aromatic carbocycles. The van der Waals surface area contributed by atoms with Crippen molar-refractivity contribution in [3.05, 3.63) is 241 Å². The maximum absolute atomic E-state index is 6.62. The van der Waals surface area contributed by atoms with E-state index in [9.17, 15) is 0 Å². The second-order valence-corrected chi connectivity index (χ2v) is 15.7. The molecule has 0 atom stereocenters. The Morgan fingerprint density at radius 2 is 0.800 bits per heavy atom. The molecule has 3 nitrogen and oxygen atoms in total. The summed E-state index contributed by atoms with van der Waals surface area (Å²) < 4.78 is 6.62. The molecular formula is C57H36N2O. The third-order valence-electron chi connectivity index (χ3n) is 12.3. The summed E-state index contributed by atoms with van der Waals surface area (Å²) in [5.41, 5.74) is 16.3. The highest BCUT2D eigenvalue weighted by atomic mass is 16.5. The summed E-state index contributed by atoms with van der Waals surface area (Å²) in [6.45, 7) is 0. The first kappa shape index (κ1) is 34.2. The van der Waals surface area contributed by atoms with Gasteiger partial charge in [0.25, 0.3) is 0 Å². The zero-order chi connectivity index (χ0) is 39.6. The zero-order valence-corrected chi connectivity index (χ0v) is 32.6. The lowest BCUT2D eigenvalue weighted by Gasteiger charge is -2.39. The predicted octanol–water partition coefficient (Wildman–Crippen LogP) is 14.4. The van der Waals surface area contributed by atoms with Gasteiger partial charge in [0, 0.05) is 27.8 Å². The van der Waals surface area contributed by atoms with Crippen molar-refractivity contribution in [2.24, 2.45) is 0 Å². The van der Waals surface area contributed by atoms with Crippen LogP contribution in [0.4, 0.5) is 0 Å². The Kier molecular flexibility index (Phi) is 7.76.